The molecule has 4 rings (SSSR count). The van der Waals surface area contributed by atoms with Crippen molar-refractivity contribution in [3.05, 3.63) is 20.8 Å². The van der Waals surface area contributed by atoms with Gasteiger partial charge in [-0.25, -0.2) is 0 Å². The largest absolute Gasteiger partial charge is 0.299 e. The van der Waals surface area contributed by atoms with E-state index in [1.807, 2.05) is 0 Å². The van der Waals surface area contributed by atoms with Crippen LogP contribution >= 0.6 is 27.3 Å². The molecule has 2 atom stereocenters. The number of rotatable bonds is 4. The highest BCUT2D eigenvalue weighted by molar-refractivity contribution is 9.10. The molecular weight excluding hydrogens is 312 g/mol. The van der Waals surface area contributed by atoms with E-state index in [-0.39, 0.29) is 0 Å². The van der Waals surface area contributed by atoms with Gasteiger partial charge in [0, 0.05) is 60.6 Å². The highest BCUT2D eigenvalue weighted by Gasteiger charge is 2.36. The second kappa shape index (κ2) is 5.56. The van der Waals surface area contributed by atoms with Crippen LogP contribution in [0.4, 0.5) is 0 Å². The van der Waals surface area contributed by atoms with Crippen LogP contribution < -0.4 is 11.3 Å². The molecule has 2 unspecified atom stereocenters. The average molecular weight is 331 g/mol. The van der Waals surface area contributed by atoms with Crippen LogP contribution in [0.3, 0.4) is 0 Å². The van der Waals surface area contributed by atoms with Crippen LogP contribution in [-0.2, 0) is 6.42 Å². The summed E-state index contributed by atoms with van der Waals surface area (Å²) in [4.78, 5) is 6.53. The average Bonchev–Trinajstić information content (AvgIpc) is 2.82. The molecule has 3 aliphatic heterocycles. The Bertz CT molecular complexity index is 403. The Morgan fingerprint density at radius 1 is 1.44 bits per heavy atom. The summed E-state index contributed by atoms with van der Waals surface area (Å²) in [6.07, 6.45) is 1.00. The number of hydrogen-bond donors (Lipinski definition) is 2. The van der Waals surface area contributed by atoms with Crippen molar-refractivity contribution in [1.29, 1.82) is 0 Å². The maximum absolute atomic E-state index is 5.80. The lowest BCUT2D eigenvalue weighted by Gasteiger charge is -2.50. The molecule has 4 heterocycles. The predicted octanol–water partition coefficient (Wildman–Crippen LogP) is 0.885. The van der Waals surface area contributed by atoms with Gasteiger partial charge >= 0.3 is 0 Å². The first-order chi connectivity index (χ1) is 8.78. The molecule has 18 heavy (non-hydrogen) atoms. The molecule has 3 saturated heterocycles. The normalized spacial score (nSPS) is 32.7. The Morgan fingerprint density at radius 2 is 2.22 bits per heavy atom. The molecule has 100 valence electrons. The summed E-state index contributed by atoms with van der Waals surface area (Å²) in [5.74, 6) is 5.80. The van der Waals surface area contributed by atoms with Gasteiger partial charge in [-0.1, -0.05) is 0 Å². The second-order valence-corrected chi connectivity index (χ2v) is 6.93. The minimum absolute atomic E-state index is 0.336. The van der Waals surface area contributed by atoms with Gasteiger partial charge in [-0.3, -0.25) is 21.1 Å². The summed E-state index contributed by atoms with van der Waals surface area (Å²) < 4.78 is 1.21. The minimum Gasteiger partial charge on any atom is -0.299 e. The van der Waals surface area contributed by atoms with E-state index >= 15 is 0 Å². The first-order valence-corrected chi connectivity index (χ1v) is 8.09. The van der Waals surface area contributed by atoms with Gasteiger partial charge in [0.2, 0.25) is 0 Å². The van der Waals surface area contributed by atoms with Crippen LogP contribution in [0.1, 0.15) is 4.88 Å². The van der Waals surface area contributed by atoms with Gasteiger partial charge in [-0.05, 0) is 27.4 Å². The van der Waals surface area contributed by atoms with Gasteiger partial charge in [0.1, 0.15) is 0 Å². The van der Waals surface area contributed by atoms with Crippen molar-refractivity contribution in [3.63, 3.8) is 0 Å². The minimum atomic E-state index is 0.336. The van der Waals surface area contributed by atoms with Crippen molar-refractivity contribution < 1.29 is 0 Å². The highest BCUT2D eigenvalue weighted by atomic mass is 79.9. The molecule has 6 heteroatoms. The molecule has 3 aliphatic rings. The highest BCUT2D eigenvalue weighted by Crippen LogP contribution is 2.26. The van der Waals surface area contributed by atoms with Crippen LogP contribution in [0.5, 0.6) is 0 Å². The van der Waals surface area contributed by atoms with Crippen LogP contribution in [0.2, 0.25) is 0 Å². The molecule has 0 amide bonds. The number of halogens is 1. The molecule has 0 spiro atoms. The van der Waals surface area contributed by atoms with Crippen molar-refractivity contribution in [2.75, 3.05) is 32.7 Å². The molecule has 4 nitrogen and oxygen atoms in total. The van der Waals surface area contributed by atoms with Crippen LogP contribution in [0, 0.1) is 0 Å². The Labute approximate surface area is 120 Å². The third-order valence-corrected chi connectivity index (χ3v) is 6.04. The fourth-order valence-corrected chi connectivity index (χ4v) is 4.59. The topological polar surface area (TPSA) is 44.5 Å². The van der Waals surface area contributed by atoms with Crippen molar-refractivity contribution in [1.82, 2.24) is 15.2 Å². The lowest BCUT2D eigenvalue weighted by Crippen LogP contribution is -2.67. The Morgan fingerprint density at radius 3 is 2.72 bits per heavy atom. The summed E-state index contributed by atoms with van der Waals surface area (Å²) >= 11 is 5.41. The zero-order valence-electron chi connectivity index (χ0n) is 10.3. The number of nitrogens with two attached hydrogens (primary N) is 1. The molecule has 1 aromatic heterocycles. The number of piperazine rings is 3. The zero-order chi connectivity index (χ0) is 12.5. The molecule has 2 bridgehead atoms. The van der Waals surface area contributed by atoms with E-state index in [2.05, 4.69) is 42.6 Å². The van der Waals surface area contributed by atoms with Crippen molar-refractivity contribution in [2.45, 2.75) is 18.5 Å². The van der Waals surface area contributed by atoms with Crippen LogP contribution in [0.25, 0.3) is 0 Å². The van der Waals surface area contributed by atoms with Gasteiger partial charge in [0.15, 0.2) is 0 Å². The number of hydrazine groups is 1. The molecule has 0 aromatic carbocycles. The third kappa shape index (κ3) is 2.50. The fraction of sp³-hybridized carbons (Fsp3) is 0.667. The Balaban J connectivity index is 1.71. The van der Waals surface area contributed by atoms with Crippen LogP contribution in [0.15, 0.2) is 15.9 Å². The smallest absolute Gasteiger partial charge is 0.0427 e. The zero-order valence-corrected chi connectivity index (χ0v) is 12.7. The van der Waals surface area contributed by atoms with E-state index in [9.17, 15) is 0 Å². The van der Waals surface area contributed by atoms with Crippen molar-refractivity contribution >= 4 is 27.3 Å². The summed E-state index contributed by atoms with van der Waals surface area (Å²) in [6, 6.07) is 3.00. The molecule has 0 aliphatic carbocycles. The molecule has 3 N–H and O–H groups in total. The molecular formula is C12H19BrN4S. The number of fused-ring (bicyclic) bond motifs is 3. The first-order valence-electron chi connectivity index (χ1n) is 6.42. The monoisotopic (exact) mass is 330 g/mol. The molecule has 0 saturated carbocycles. The summed E-state index contributed by atoms with van der Waals surface area (Å²) in [6.45, 7) is 5.97. The third-order valence-electron chi connectivity index (χ3n) is 4.10. The Hall–Kier alpha value is 0.0200. The predicted molar refractivity (Wildman–Crippen MR) is 78.6 cm³/mol. The van der Waals surface area contributed by atoms with E-state index in [1.54, 1.807) is 11.3 Å². The van der Waals surface area contributed by atoms with Gasteiger partial charge in [0.25, 0.3) is 0 Å². The van der Waals surface area contributed by atoms with Gasteiger partial charge in [0.05, 0.1) is 0 Å². The number of thiophene rings is 1. The van der Waals surface area contributed by atoms with Crippen molar-refractivity contribution in [3.8, 4) is 0 Å². The van der Waals surface area contributed by atoms with E-state index in [4.69, 9.17) is 5.84 Å². The maximum Gasteiger partial charge on any atom is 0.0427 e. The summed E-state index contributed by atoms with van der Waals surface area (Å²) in [5.41, 5.74) is 3.04. The number of hydrogen-bond acceptors (Lipinski definition) is 5. The van der Waals surface area contributed by atoms with Crippen LogP contribution in [-0.4, -0.2) is 54.6 Å². The number of nitrogens with zero attached hydrogens (tertiary/aromatic N) is 2. The molecule has 0 radical (unpaired) electrons. The van der Waals surface area contributed by atoms with Gasteiger partial charge < -0.3 is 0 Å². The quantitative estimate of drug-likeness (QED) is 0.635. The molecule has 1 aromatic rings. The van der Waals surface area contributed by atoms with E-state index in [1.165, 1.54) is 35.5 Å². The second-order valence-electron chi connectivity index (χ2n) is 5.07. The van der Waals surface area contributed by atoms with Gasteiger partial charge in [-0.2, -0.15) is 0 Å². The summed E-state index contributed by atoms with van der Waals surface area (Å²) in [7, 11) is 0. The standard InChI is InChI=1S/C12H19BrN4S/c13-9-1-6-18-12(9)7-10(15-14)11-8-16-2-4-17(11)5-3-16/h1,6,10-11,15H,2-5,7-8,14H2. The van der Waals surface area contributed by atoms with Gasteiger partial charge in [-0.15, -0.1) is 11.3 Å². The lowest BCUT2D eigenvalue weighted by atomic mass is 9.97. The van der Waals surface area contributed by atoms with E-state index in [0.29, 0.717) is 12.1 Å². The number of nitrogens with one attached hydrogen (secondary N) is 1. The summed E-state index contributed by atoms with van der Waals surface area (Å²) in [5, 5.41) is 2.13. The SMILES string of the molecule is NNC(Cc1sccc1Br)C1CN2CCN1CC2. The Kier molecular flexibility index (Phi) is 4.03. The van der Waals surface area contributed by atoms with E-state index < -0.39 is 0 Å². The lowest BCUT2D eigenvalue weighted by molar-refractivity contribution is -0.00305. The first kappa shape index (κ1) is 13.0. The molecule has 3 fully saturated rings. The van der Waals surface area contributed by atoms with Crippen molar-refractivity contribution in [2.24, 2.45) is 5.84 Å². The van der Waals surface area contributed by atoms with E-state index in [0.717, 1.165) is 13.0 Å². The fourth-order valence-electron chi connectivity index (χ4n) is 3.02. The maximum atomic E-state index is 5.80.